The van der Waals surface area contributed by atoms with Crippen LogP contribution in [0.3, 0.4) is 0 Å². The largest absolute Gasteiger partial charge is 2.00 e. The maximum Gasteiger partial charge on any atom is 2.00 e. The van der Waals surface area contributed by atoms with Crippen LogP contribution < -0.4 is 0 Å². The fraction of sp³-hybridized carbons (Fsp3) is 0.857. The molecule has 0 aliphatic rings. The van der Waals surface area contributed by atoms with Crippen LogP contribution in [0, 0.1) is 7.43 Å². The molecule has 0 aliphatic carbocycles. The summed E-state index contributed by atoms with van der Waals surface area (Å²) in [6.07, 6.45) is 0. The zero-order valence-corrected chi connectivity index (χ0v) is 9.09. The number of hydrogen-bond acceptors (Lipinski definition) is 4. The van der Waals surface area contributed by atoms with Crippen molar-refractivity contribution in [3.63, 3.8) is 0 Å². The number of hydrogen-bond donors (Lipinski definition) is 3. The minimum Gasteiger partial charge on any atom is -0.395 e. The molecule has 0 aromatic rings. The molecule has 12 heavy (non-hydrogen) atoms. The van der Waals surface area contributed by atoms with E-state index in [0.717, 1.165) is 0 Å². The van der Waals surface area contributed by atoms with Gasteiger partial charge in [0.1, 0.15) is 0 Å². The van der Waals surface area contributed by atoms with Crippen LogP contribution in [0.4, 0.5) is 0 Å². The number of nitrogens with zero attached hydrogens (tertiary/aromatic N) is 1. The van der Waals surface area contributed by atoms with E-state index < -0.39 is 0 Å². The van der Waals surface area contributed by atoms with Gasteiger partial charge in [-0.05, 0) is 0 Å². The van der Waals surface area contributed by atoms with Crippen molar-refractivity contribution in [3.8, 4) is 0 Å². The van der Waals surface area contributed by atoms with E-state index in [2.05, 4.69) is 0 Å². The molecule has 0 unspecified atom stereocenters. The van der Waals surface area contributed by atoms with E-state index >= 15 is 0 Å². The van der Waals surface area contributed by atoms with Crippen molar-refractivity contribution in [1.29, 1.82) is 0 Å². The van der Waals surface area contributed by atoms with Gasteiger partial charge in [0.25, 0.3) is 0 Å². The summed E-state index contributed by atoms with van der Waals surface area (Å²) in [6, 6.07) is 0. The third-order valence-corrected chi connectivity index (χ3v) is 1.25. The Labute approximate surface area is 89.1 Å². The van der Waals surface area contributed by atoms with Gasteiger partial charge in [0.05, 0.1) is 19.8 Å². The second-order valence-corrected chi connectivity index (χ2v) is 2.01. The summed E-state index contributed by atoms with van der Waals surface area (Å²) in [5.41, 5.74) is 0. The molecule has 0 amide bonds. The molecule has 4 nitrogen and oxygen atoms in total. The van der Waals surface area contributed by atoms with Crippen LogP contribution in [0.15, 0.2) is 0 Å². The average molecular weight is 212 g/mol. The summed E-state index contributed by atoms with van der Waals surface area (Å²) in [6.45, 7) is 1.75. The topological polar surface area (TPSA) is 63.9 Å². The van der Waals surface area contributed by atoms with Crippen LogP contribution in [0.2, 0.25) is 0 Å². The Bertz CT molecular complexity index is 61.4. The summed E-state index contributed by atoms with van der Waals surface area (Å²) < 4.78 is 0. The van der Waals surface area contributed by atoms with E-state index in [0.29, 0.717) is 19.6 Å². The fourth-order valence-electron chi connectivity index (χ4n) is 0.760. The van der Waals surface area contributed by atoms with Crippen molar-refractivity contribution in [2.24, 2.45) is 0 Å². The van der Waals surface area contributed by atoms with Crippen LogP contribution in [0.5, 0.6) is 0 Å². The standard InChI is InChI=1S/C6H15NO3.CH3.Ti/c8-4-1-7(2-5-9)3-6-10;;/h8-10H,1-6H2;1H3;/q;-1;+2. The molecule has 0 spiro atoms. The Morgan fingerprint density at radius 2 is 1.00 bits per heavy atom. The van der Waals surface area contributed by atoms with E-state index in [1.807, 2.05) is 0 Å². The van der Waals surface area contributed by atoms with Crippen molar-refractivity contribution in [2.75, 3.05) is 39.5 Å². The van der Waals surface area contributed by atoms with E-state index in [9.17, 15) is 0 Å². The smallest absolute Gasteiger partial charge is 0.395 e. The zero-order valence-electron chi connectivity index (χ0n) is 7.53. The Kier molecular flexibility index (Phi) is 21.6. The van der Waals surface area contributed by atoms with Crippen molar-refractivity contribution >= 4 is 0 Å². The van der Waals surface area contributed by atoms with Crippen LogP contribution in [-0.4, -0.2) is 59.7 Å². The maximum absolute atomic E-state index is 8.48. The number of aliphatic hydroxyl groups excluding tert-OH is 3. The van der Waals surface area contributed by atoms with Gasteiger partial charge in [-0.25, -0.2) is 0 Å². The van der Waals surface area contributed by atoms with Gasteiger partial charge in [-0.2, -0.15) is 0 Å². The van der Waals surface area contributed by atoms with Gasteiger partial charge in [0.15, 0.2) is 0 Å². The van der Waals surface area contributed by atoms with E-state index in [1.165, 1.54) is 0 Å². The van der Waals surface area contributed by atoms with E-state index in [-0.39, 0.29) is 49.0 Å². The molecule has 0 radical (unpaired) electrons. The molecule has 0 heterocycles. The van der Waals surface area contributed by atoms with Gasteiger partial charge in [0, 0.05) is 19.6 Å². The molecule has 0 saturated carbocycles. The molecule has 0 aromatic carbocycles. The SMILES string of the molecule is OCCN(CCO)CCO.[CH3-].[Ti+2]. The molecule has 0 rings (SSSR count). The Morgan fingerprint density at radius 1 is 0.750 bits per heavy atom. The molecule has 3 N–H and O–H groups in total. The van der Waals surface area contributed by atoms with Gasteiger partial charge in [-0.15, -0.1) is 0 Å². The zero-order chi connectivity index (χ0) is 7.82. The Morgan fingerprint density at radius 3 is 1.17 bits per heavy atom. The molecule has 0 bridgehead atoms. The first-order valence-electron chi connectivity index (χ1n) is 3.40. The van der Waals surface area contributed by atoms with E-state index in [1.54, 1.807) is 4.90 Å². The third-order valence-electron chi connectivity index (χ3n) is 1.25. The van der Waals surface area contributed by atoms with Crippen molar-refractivity contribution < 1.29 is 37.0 Å². The third kappa shape index (κ3) is 10.6. The average Bonchev–Trinajstić information content (AvgIpc) is 1.90. The summed E-state index contributed by atoms with van der Waals surface area (Å²) in [4.78, 5) is 1.79. The molecule has 0 aromatic heterocycles. The molecule has 72 valence electrons. The minimum absolute atomic E-state index is 0. The van der Waals surface area contributed by atoms with E-state index in [4.69, 9.17) is 15.3 Å². The quantitative estimate of drug-likeness (QED) is 0.379. The molecular weight excluding hydrogens is 194 g/mol. The molecular formula is C7H18NO3Ti+. The maximum atomic E-state index is 8.48. The fourth-order valence-corrected chi connectivity index (χ4v) is 0.760. The summed E-state index contributed by atoms with van der Waals surface area (Å²) in [5, 5.41) is 25.5. The number of aliphatic hydroxyl groups is 3. The molecule has 5 heteroatoms. The predicted molar refractivity (Wildman–Crippen MR) is 44.1 cm³/mol. The normalized spacial score (nSPS) is 9.00. The predicted octanol–water partition coefficient (Wildman–Crippen LogP) is -1.29. The molecule has 0 fully saturated rings. The molecule has 0 aliphatic heterocycles. The van der Waals surface area contributed by atoms with Crippen LogP contribution in [-0.2, 0) is 21.7 Å². The van der Waals surface area contributed by atoms with Gasteiger partial charge >= 0.3 is 21.7 Å². The first-order chi connectivity index (χ1) is 4.85. The van der Waals surface area contributed by atoms with Crippen LogP contribution in [0.1, 0.15) is 0 Å². The minimum atomic E-state index is 0. The summed E-state index contributed by atoms with van der Waals surface area (Å²) in [5.74, 6) is 0. The number of rotatable bonds is 6. The van der Waals surface area contributed by atoms with Gasteiger partial charge < -0.3 is 22.7 Å². The van der Waals surface area contributed by atoms with Gasteiger partial charge in [-0.3, -0.25) is 4.90 Å². The Balaban J connectivity index is -0.000000405. The second kappa shape index (κ2) is 14.1. The van der Waals surface area contributed by atoms with Crippen molar-refractivity contribution in [1.82, 2.24) is 4.90 Å². The van der Waals surface area contributed by atoms with Crippen LogP contribution >= 0.6 is 0 Å². The molecule has 0 atom stereocenters. The molecule has 0 saturated heterocycles. The summed E-state index contributed by atoms with van der Waals surface area (Å²) in [7, 11) is 0. The van der Waals surface area contributed by atoms with Crippen molar-refractivity contribution in [3.05, 3.63) is 7.43 Å². The first-order valence-corrected chi connectivity index (χ1v) is 3.40. The monoisotopic (exact) mass is 212 g/mol. The van der Waals surface area contributed by atoms with Crippen molar-refractivity contribution in [2.45, 2.75) is 0 Å². The second-order valence-electron chi connectivity index (χ2n) is 2.01. The van der Waals surface area contributed by atoms with Gasteiger partial charge in [-0.1, -0.05) is 0 Å². The van der Waals surface area contributed by atoms with Crippen LogP contribution in [0.25, 0.3) is 0 Å². The first kappa shape index (κ1) is 18.4. The Hall–Kier alpha value is 0.554. The van der Waals surface area contributed by atoms with Gasteiger partial charge in [0.2, 0.25) is 0 Å². The summed E-state index contributed by atoms with van der Waals surface area (Å²) >= 11 is 0.